The summed E-state index contributed by atoms with van der Waals surface area (Å²) >= 11 is 4.86. The Morgan fingerprint density at radius 2 is 2.48 bits per heavy atom. The van der Waals surface area contributed by atoms with Crippen molar-refractivity contribution in [2.45, 2.75) is 12.8 Å². The molecule has 1 aliphatic heterocycles. The highest BCUT2D eigenvalue weighted by molar-refractivity contribution is 9.10. The third-order valence-corrected chi connectivity index (χ3v) is 4.82. The van der Waals surface area contributed by atoms with Gasteiger partial charge in [0, 0.05) is 31.2 Å². The van der Waals surface area contributed by atoms with Crippen LogP contribution in [0.2, 0.25) is 0 Å². The molecule has 2 aromatic rings. The standard InChI is InChI=1S/C14H16BrN3O2S/c15-12-4-3-11(20-12)13(19)17-8-10-2-1-6-18(9-10)14-16-5-7-21-14/h3-5,7,10H,1-2,6,8-9H2,(H,17,19)/t10-/m0/s1. The second kappa shape index (κ2) is 6.62. The summed E-state index contributed by atoms with van der Waals surface area (Å²) in [6.07, 6.45) is 4.09. The Bertz CT molecular complexity index is 599. The monoisotopic (exact) mass is 369 g/mol. The van der Waals surface area contributed by atoms with Crippen LogP contribution in [0.3, 0.4) is 0 Å². The van der Waals surface area contributed by atoms with E-state index in [9.17, 15) is 4.79 Å². The van der Waals surface area contributed by atoms with Gasteiger partial charge in [-0.25, -0.2) is 4.98 Å². The van der Waals surface area contributed by atoms with Crippen molar-refractivity contribution in [3.63, 3.8) is 0 Å². The van der Waals surface area contributed by atoms with Crippen molar-refractivity contribution < 1.29 is 9.21 Å². The van der Waals surface area contributed by atoms with E-state index in [4.69, 9.17) is 4.42 Å². The van der Waals surface area contributed by atoms with Crippen molar-refractivity contribution >= 4 is 38.3 Å². The molecule has 112 valence electrons. The second-order valence-electron chi connectivity index (χ2n) is 5.08. The number of nitrogens with zero attached hydrogens (tertiary/aromatic N) is 2. The second-order valence-corrected chi connectivity index (χ2v) is 6.74. The summed E-state index contributed by atoms with van der Waals surface area (Å²) in [6.45, 7) is 2.65. The fourth-order valence-corrected chi connectivity index (χ4v) is 3.52. The first-order chi connectivity index (χ1) is 10.2. The molecule has 0 spiro atoms. The van der Waals surface area contributed by atoms with Crippen molar-refractivity contribution in [3.8, 4) is 0 Å². The molecule has 21 heavy (non-hydrogen) atoms. The van der Waals surface area contributed by atoms with Crippen LogP contribution in [0.25, 0.3) is 0 Å². The Hall–Kier alpha value is -1.34. The van der Waals surface area contributed by atoms with Crippen molar-refractivity contribution in [1.82, 2.24) is 10.3 Å². The van der Waals surface area contributed by atoms with E-state index in [0.29, 0.717) is 22.9 Å². The topological polar surface area (TPSA) is 58.4 Å². The van der Waals surface area contributed by atoms with Gasteiger partial charge in [-0.15, -0.1) is 11.3 Å². The van der Waals surface area contributed by atoms with Gasteiger partial charge in [-0.3, -0.25) is 4.79 Å². The summed E-state index contributed by atoms with van der Waals surface area (Å²) in [7, 11) is 0. The molecule has 0 unspecified atom stereocenters. The molecule has 0 bridgehead atoms. The fourth-order valence-electron chi connectivity index (χ4n) is 2.54. The van der Waals surface area contributed by atoms with Crippen LogP contribution in [0.1, 0.15) is 23.4 Å². The fraction of sp³-hybridized carbons (Fsp3) is 0.429. The van der Waals surface area contributed by atoms with E-state index in [1.165, 1.54) is 0 Å². The smallest absolute Gasteiger partial charge is 0.287 e. The molecule has 0 saturated carbocycles. The molecular weight excluding hydrogens is 354 g/mol. The number of piperidine rings is 1. The van der Waals surface area contributed by atoms with E-state index in [1.54, 1.807) is 23.5 Å². The number of furan rings is 1. The molecule has 2 aromatic heterocycles. The van der Waals surface area contributed by atoms with E-state index in [2.05, 4.69) is 31.1 Å². The van der Waals surface area contributed by atoms with Gasteiger partial charge < -0.3 is 14.6 Å². The highest BCUT2D eigenvalue weighted by atomic mass is 79.9. The minimum absolute atomic E-state index is 0.160. The molecule has 1 saturated heterocycles. The summed E-state index contributed by atoms with van der Waals surface area (Å²) in [5, 5.41) is 6.02. The Balaban J connectivity index is 1.52. The molecule has 1 N–H and O–H groups in total. The Morgan fingerprint density at radius 1 is 1.57 bits per heavy atom. The summed E-state index contributed by atoms with van der Waals surface area (Å²) in [5.41, 5.74) is 0. The lowest BCUT2D eigenvalue weighted by Crippen LogP contribution is -2.40. The molecule has 1 fully saturated rings. The summed E-state index contributed by atoms with van der Waals surface area (Å²) in [4.78, 5) is 18.6. The highest BCUT2D eigenvalue weighted by Gasteiger charge is 2.22. The van der Waals surface area contributed by atoms with Gasteiger partial charge in [0.2, 0.25) is 0 Å². The lowest BCUT2D eigenvalue weighted by Gasteiger charge is -2.32. The first kappa shape index (κ1) is 14.6. The third-order valence-electron chi connectivity index (χ3n) is 3.56. The molecule has 0 aromatic carbocycles. The van der Waals surface area contributed by atoms with Crippen LogP contribution in [0.5, 0.6) is 0 Å². The zero-order valence-electron chi connectivity index (χ0n) is 11.4. The lowest BCUT2D eigenvalue weighted by atomic mass is 9.98. The quantitative estimate of drug-likeness (QED) is 0.899. The minimum atomic E-state index is -0.160. The molecule has 0 radical (unpaired) electrons. The zero-order valence-corrected chi connectivity index (χ0v) is 13.8. The number of thiazole rings is 1. The third kappa shape index (κ3) is 3.65. The number of halogens is 1. The van der Waals surface area contributed by atoms with Crippen molar-refractivity contribution in [2.24, 2.45) is 5.92 Å². The molecule has 5 nitrogen and oxygen atoms in total. The van der Waals surface area contributed by atoms with E-state index in [1.807, 2.05) is 11.6 Å². The maximum atomic E-state index is 12.0. The molecular formula is C14H16BrN3O2S. The van der Waals surface area contributed by atoms with Crippen LogP contribution < -0.4 is 10.2 Å². The summed E-state index contributed by atoms with van der Waals surface area (Å²) in [6, 6.07) is 3.39. The van der Waals surface area contributed by atoms with Gasteiger partial charge in [0.25, 0.3) is 5.91 Å². The predicted octanol–water partition coefficient (Wildman–Crippen LogP) is 3.15. The van der Waals surface area contributed by atoms with Crippen LogP contribution in [0, 0.1) is 5.92 Å². The number of carbonyl (C=O) groups is 1. The Labute approximate surface area is 135 Å². The number of hydrogen-bond donors (Lipinski definition) is 1. The van der Waals surface area contributed by atoms with Gasteiger partial charge >= 0.3 is 0 Å². The van der Waals surface area contributed by atoms with Gasteiger partial charge in [-0.2, -0.15) is 0 Å². The Kier molecular flexibility index (Phi) is 4.60. The van der Waals surface area contributed by atoms with Crippen LogP contribution in [0.15, 0.2) is 32.8 Å². The van der Waals surface area contributed by atoms with E-state index < -0.39 is 0 Å². The molecule has 1 atom stereocenters. The SMILES string of the molecule is O=C(NC[C@@H]1CCCN(c2nccs2)C1)c1ccc(Br)o1. The van der Waals surface area contributed by atoms with Gasteiger partial charge in [0.05, 0.1) is 0 Å². The zero-order chi connectivity index (χ0) is 14.7. The average molecular weight is 370 g/mol. The van der Waals surface area contributed by atoms with E-state index in [-0.39, 0.29) is 5.91 Å². The molecule has 0 aliphatic carbocycles. The van der Waals surface area contributed by atoms with E-state index >= 15 is 0 Å². The number of amides is 1. The largest absolute Gasteiger partial charge is 0.444 e. The molecule has 3 heterocycles. The maximum Gasteiger partial charge on any atom is 0.287 e. The summed E-state index contributed by atoms with van der Waals surface area (Å²) < 4.78 is 5.82. The van der Waals surface area contributed by atoms with Crippen LogP contribution in [-0.2, 0) is 0 Å². The van der Waals surface area contributed by atoms with Gasteiger partial charge in [0.1, 0.15) is 0 Å². The number of anilines is 1. The summed E-state index contributed by atoms with van der Waals surface area (Å²) in [5.74, 6) is 0.631. The number of nitrogens with one attached hydrogen (secondary N) is 1. The lowest BCUT2D eigenvalue weighted by molar-refractivity contribution is 0.0916. The van der Waals surface area contributed by atoms with Crippen LogP contribution in [-0.4, -0.2) is 30.5 Å². The molecule has 7 heteroatoms. The highest BCUT2D eigenvalue weighted by Crippen LogP contribution is 2.24. The van der Waals surface area contributed by atoms with Crippen molar-refractivity contribution in [1.29, 1.82) is 0 Å². The maximum absolute atomic E-state index is 12.0. The van der Waals surface area contributed by atoms with E-state index in [0.717, 1.165) is 31.1 Å². The van der Waals surface area contributed by atoms with Crippen LogP contribution in [0.4, 0.5) is 5.13 Å². The van der Waals surface area contributed by atoms with Crippen LogP contribution >= 0.6 is 27.3 Å². The average Bonchev–Trinajstić information content (AvgIpc) is 3.16. The number of rotatable bonds is 4. The first-order valence-electron chi connectivity index (χ1n) is 6.90. The Morgan fingerprint density at radius 3 is 3.19 bits per heavy atom. The number of aromatic nitrogens is 1. The van der Waals surface area contributed by atoms with Gasteiger partial charge in [0.15, 0.2) is 15.6 Å². The first-order valence-corrected chi connectivity index (χ1v) is 8.57. The van der Waals surface area contributed by atoms with Crippen molar-refractivity contribution in [3.05, 3.63) is 34.1 Å². The van der Waals surface area contributed by atoms with Crippen molar-refractivity contribution in [2.75, 3.05) is 24.5 Å². The molecule has 1 amide bonds. The normalized spacial score (nSPS) is 18.7. The van der Waals surface area contributed by atoms with Gasteiger partial charge in [-0.1, -0.05) is 0 Å². The molecule has 3 rings (SSSR count). The minimum Gasteiger partial charge on any atom is -0.444 e. The molecule has 1 aliphatic rings. The number of carbonyl (C=O) groups excluding carboxylic acids is 1. The number of hydrogen-bond acceptors (Lipinski definition) is 5. The predicted molar refractivity (Wildman–Crippen MR) is 85.8 cm³/mol. The van der Waals surface area contributed by atoms with Gasteiger partial charge in [-0.05, 0) is 46.8 Å².